The summed E-state index contributed by atoms with van der Waals surface area (Å²) in [4.78, 5) is 12.8. The van der Waals surface area contributed by atoms with E-state index >= 15 is 0 Å². The third-order valence-electron chi connectivity index (χ3n) is 2.21. The molecule has 0 radical (unpaired) electrons. The fraction of sp³-hybridized carbons (Fsp3) is 0.111. The van der Waals surface area contributed by atoms with E-state index in [2.05, 4.69) is 25.1 Å². The molecule has 3 heterocycles. The van der Waals surface area contributed by atoms with Crippen LogP contribution in [0.2, 0.25) is 0 Å². The van der Waals surface area contributed by atoms with Gasteiger partial charge in [0.25, 0.3) is 0 Å². The number of aryl methyl sites for hydroxylation is 1. The number of fused-ring (bicyclic) bond motifs is 1. The number of nitrogens with zero attached hydrogens (tertiary/aromatic N) is 5. The Bertz CT molecular complexity index is 594. The number of aromatic amines is 1. The first-order chi connectivity index (χ1) is 7.34. The third-order valence-corrected chi connectivity index (χ3v) is 2.21. The summed E-state index contributed by atoms with van der Waals surface area (Å²) in [6, 6.07) is 0. The van der Waals surface area contributed by atoms with Crippen LogP contribution in [0.1, 0.15) is 0 Å². The molecule has 0 aliphatic rings. The molecule has 6 nitrogen and oxygen atoms in total. The first-order valence-corrected chi connectivity index (χ1v) is 4.48. The summed E-state index contributed by atoms with van der Waals surface area (Å²) in [6.45, 7) is 0. The van der Waals surface area contributed by atoms with Crippen molar-refractivity contribution >= 4 is 11.2 Å². The quantitative estimate of drug-likeness (QED) is 0.629. The molecule has 0 aliphatic heterocycles. The number of H-pyrrole nitrogens is 1. The van der Waals surface area contributed by atoms with Crippen molar-refractivity contribution < 1.29 is 0 Å². The van der Waals surface area contributed by atoms with Gasteiger partial charge in [-0.2, -0.15) is 5.10 Å². The lowest BCUT2D eigenvalue weighted by molar-refractivity contribution is 0.929. The fourth-order valence-corrected chi connectivity index (χ4v) is 1.43. The number of rotatable bonds is 1. The molecule has 0 saturated heterocycles. The van der Waals surface area contributed by atoms with Crippen LogP contribution in [0, 0.1) is 0 Å². The molecule has 0 aromatic carbocycles. The Morgan fingerprint density at radius 3 is 3.00 bits per heavy atom. The van der Waals surface area contributed by atoms with E-state index in [0.29, 0.717) is 5.82 Å². The van der Waals surface area contributed by atoms with Crippen LogP contribution in [0.15, 0.2) is 24.9 Å². The van der Waals surface area contributed by atoms with E-state index in [9.17, 15) is 0 Å². The van der Waals surface area contributed by atoms with Gasteiger partial charge in [-0.3, -0.25) is 5.10 Å². The first-order valence-electron chi connectivity index (χ1n) is 4.48. The average molecular weight is 200 g/mol. The lowest BCUT2D eigenvalue weighted by Gasteiger charge is -1.96. The van der Waals surface area contributed by atoms with Crippen LogP contribution >= 0.6 is 0 Å². The molecule has 0 amide bonds. The monoisotopic (exact) mass is 200 g/mol. The maximum Gasteiger partial charge on any atom is 0.164 e. The maximum atomic E-state index is 4.41. The van der Waals surface area contributed by atoms with Crippen molar-refractivity contribution in [3.63, 3.8) is 0 Å². The SMILES string of the molecule is Cn1cnc2cnc(-c3cn[nH]c3)nc21. The molecule has 0 saturated carbocycles. The van der Waals surface area contributed by atoms with E-state index in [0.717, 1.165) is 16.7 Å². The first kappa shape index (κ1) is 8.10. The zero-order valence-electron chi connectivity index (χ0n) is 8.05. The summed E-state index contributed by atoms with van der Waals surface area (Å²) >= 11 is 0. The van der Waals surface area contributed by atoms with E-state index in [1.54, 1.807) is 24.9 Å². The Balaban J connectivity index is 2.25. The summed E-state index contributed by atoms with van der Waals surface area (Å²) in [5.74, 6) is 0.653. The van der Waals surface area contributed by atoms with Crippen LogP contribution in [0.5, 0.6) is 0 Å². The smallest absolute Gasteiger partial charge is 0.164 e. The third kappa shape index (κ3) is 1.18. The van der Waals surface area contributed by atoms with Crippen molar-refractivity contribution in [2.24, 2.45) is 7.05 Å². The van der Waals surface area contributed by atoms with Crippen molar-refractivity contribution in [3.8, 4) is 11.4 Å². The molecule has 3 rings (SSSR count). The molecule has 15 heavy (non-hydrogen) atoms. The molecular formula is C9H8N6. The predicted octanol–water partition coefficient (Wildman–Crippen LogP) is 0.753. The Labute approximate surface area is 85.0 Å². The van der Waals surface area contributed by atoms with Gasteiger partial charge in [0.2, 0.25) is 0 Å². The number of hydrogen-bond donors (Lipinski definition) is 1. The second-order valence-corrected chi connectivity index (χ2v) is 3.24. The van der Waals surface area contributed by atoms with E-state index in [1.807, 2.05) is 11.6 Å². The van der Waals surface area contributed by atoms with Crippen molar-refractivity contribution in [2.75, 3.05) is 0 Å². The number of hydrogen-bond acceptors (Lipinski definition) is 4. The second kappa shape index (κ2) is 2.88. The van der Waals surface area contributed by atoms with Crippen LogP contribution in [0.4, 0.5) is 0 Å². The molecule has 0 bridgehead atoms. The average Bonchev–Trinajstić information content (AvgIpc) is 2.88. The van der Waals surface area contributed by atoms with Gasteiger partial charge in [-0.1, -0.05) is 0 Å². The lowest BCUT2D eigenvalue weighted by atomic mass is 10.3. The van der Waals surface area contributed by atoms with Gasteiger partial charge in [-0.25, -0.2) is 15.0 Å². The molecule has 0 fully saturated rings. The van der Waals surface area contributed by atoms with Crippen molar-refractivity contribution in [1.82, 2.24) is 29.7 Å². The minimum atomic E-state index is 0.653. The summed E-state index contributed by atoms with van der Waals surface area (Å²) in [5.41, 5.74) is 2.49. The standard InChI is InChI=1S/C9H8N6/c1-15-5-11-7-4-10-8(14-9(7)15)6-2-12-13-3-6/h2-5H,1H3,(H,12,13). The number of imidazole rings is 1. The minimum absolute atomic E-state index is 0.653. The van der Waals surface area contributed by atoms with Gasteiger partial charge >= 0.3 is 0 Å². The summed E-state index contributed by atoms with van der Waals surface area (Å²) in [7, 11) is 1.90. The van der Waals surface area contributed by atoms with Gasteiger partial charge in [-0.15, -0.1) is 0 Å². The minimum Gasteiger partial charge on any atom is -0.318 e. The molecule has 6 heteroatoms. The zero-order chi connectivity index (χ0) is 10.3. The van der Waals surface area contributed by atoms with Gasteiger partial charge in [-0.05, 0) is 0 Å². The lowest BCUT2D eigenvalue weighted by Crippen LogP contribution is -1.92. The normalized spacial score (nSPS) is 11.0. The van der Waals surface area contributed by atoms with Crippen LogP contribution in [-0.2, 0) is 7.05 Å². The Kier molecular flexibility index (Phi) is 1.55. The van der Waals surface area contributed by atoms with Crippen LogP contribution in [0.3, 0.4) is 0 Å². The van der Waals surface area contributed by atoms with E-state index in [4.69, 9.17) is 0 Å². The van der Waals surface area contributed by atoms with Crippen molar-refractivity contribution in [1.29, 1.82) is 0 Å². The van der Waals surface area contributed by atoms with Gasteiger partial charge in [0.05, 0.1) is 24.3 Å². The maximum absolute atomic E-state index is 4.41. The Morgan fingerprint density at radius 1 is 1.27 bits per heavy atom. The summed E-state index contributed by atoms with van der Waals surface area (Å²) < 4.78 is 1.86. The second-order valence-electron chi connectivity index (χ2n) is 3.24. The number of aromatic nitrogens is 6. The zero-order valence-corrected chi connectivity index (χ0v) is 8.05. The van der Waals surface area contributed by atoms with Crippen molar-refractivity contribution in [2.45, 2.75) is 0 Å². The molecule has 0 unspecified atom stereocenters. The Morgan fingerprint density at radius 2 is 2.20 bits per heavy atom. The molecular weight excluding hydrogens is 192 g/mol. The highest BCUT2D eigenvalue weighted by Crippen LogP contribution is 2.15. The van der Waals surface area contributed by atoms with Crippen molar-refractivity contribution in [3.05, 3.63) is 24.9 Å². The van der Waals surface area contributed by atoms with Crippen LogP contribution in [-0.4, -0.2) is 29.7 Å². The molecule has 3 aromatic rings. The Hall–Kier alpha value is -2.24. The molecule has 1 N–H and O–H groups in total. The van der Waals surface area contributed by atoms with Crippen LogP contribution in [0.25, 0.3) is 22.6 Å². The number of nitrogens with one attached hydrogen (secondary N) is 1. The molecule has 0 atom stereocenters. The summed E-state index contributed by atoms with van der Waals surface area (Å²) in [5, 5.41) is 6.59. The molecule has 3 aromatic heterocycles. The van der Waals surface area contributed by atoms with E-state index < -0.39 is 0 Å². The van der Waals surface area contributed by atoms with Crippen LogP contribution < -0.4 is 0 Å². The van der Waals surface area contributed by atoms with E-state index in [1.165, 1.54) is 0 Å². The predicted molar refractivity (Wildman–Crippen MR) is 53.9 cm³/mol. The largest absolute Gasteiger partial charge is 0.318 e. The summed E-state index contributed by atoms with van der Waals surface area (Å²) in [6.07, 6.45) is 6.89. The molecule has 0 spiro atoms. The highest BCUT2D eigenvalue weighted by molar-refractivity contribution is 5.72. The van der Waals surface area contributed by atoms with E-state index in [-0.39, 0.29) is 0 Å². The molecule has 74 valence electrons. The topological polar surface area (TPSA) is 72.3 Å². The highest BCUT2D eigenvalue weighted by atomic mass is 15.1. The van der Waals surface area contributed by atoms with Gasteiger partial charge in [0.1, 0.15) is 5.52 Å². The highest BCUT2D eigenvalue weighted by Gasteiger charge is 2.06. The van der Waals surface area contributed by atoms with Gasteiger partial charge in [0, 0.05) is 13.2 Å². The fourth-order valence-electron chi connectivity index (χ4n) is 1.43. The van der Waals surface area contributed by atoms with Gasteiger partial charge in [0.15, 0.2) is 11.5 Å². The van der Waals surface area contributed by atoms with Gasteiger partial charge < -0.3 is 4.57 Å². The molecule has 0 aliphatic carbocycles.